The predicted molar refractivity (Wildman–Crippen MR) is 103 cm³/mol. The highest BCUT2D eigenvalue weighted by molar-refractivity contribution is 7.89. The molecule has 1 heterocycles. The van der Waals surface area contributed by atoms with Crippen LogP contribution in [0.15, 0.2) is 53.4 Å². The Hall–Kier alpha value is -2.45. The highest BCUT2D eigenvalue weighted by Gasteiger charge is 2.29. The molecule has 0 saturated carbocycles. The first-order valence-corrected chi connectivity index (χ1v) is 10.6. The Morgan fingerprint density at radius 2 is 1.75 bits per heavy atom. The van der Waals surface area contributed by atoms with E-state index >= 15 is 0 Å². The van der Waals surface area contributed by atoms with Gasteiger partial charge in [-0.3, -0.25) is 4.79 Å². The van der Waals surface area contributed by atoms with Crippen LogP contribution in [0.25, 0.3) is 0 Å². The Kier molecular flexibility index (Phi) is 6.31. The van der Waals surface area contributed by atoms with Gasteiger partial charge in [0.25, 0.3) is 5.91 Å². The first kappa shape index (κ1) is 20.3. The number of halogens is 1. The first-order valence-electron chi connectivity index (χ1n) is 9.20. The van der Waals surface area contributed by atoms with E-state index in [1.807, 2.05) is 6.92 Å². The zero-order valence-corrected chi connectivity index (χ0v) is 16.5. The van der Waals surface area contributed by atoms with Gasteiger partial charge < -0.3 is 9.64 Å². The van der Waals surface area contributed by atoms with Crippen molar-refractivity contribution in [2.45, 2.75) is 18.2 Å². The van der Waals surface area contributed by atoms with Gasteiger partial charge in [0.15, 0.2) is 0 Å². The minimum atomic E-state index is -3.67. The van der Waals surface area contributed by atoms with Crippen LogP contribution in [0, 0.1) is 5.82 Å². The molecule has 6 nitrogen and oxygen atoms in total. The van der Waals surface area contributed by atoms with Gasteiger partial charge in [-0.05, 0) is 49.7 Å². The van der Waals surface area contributed by atoms with Crippen molar-refractivity contribution in [2.24, 2.45) is 0 Å². The van der Waals surface area contributed by atoms with Gasteiger partial charge >= 0.3 is 0 Å². The van der Waals surface area contributed by atoms with Crippen molar-refractivity contribution in [1.29, 1.82) is 0 Å². The Morgan fingerprint density at radius 3 is 2.43 bits per heavy atom. The van der Waals surface area contributed by atoms with Crippen molar-refractivity contribution in [3.8, 4) is 5.75 Å². The smallest absolute Gasteiger partial charge is 0.256 e. The quantitative estimate of drug-likeness (QED) is 0.766. The van der Waals surface area contributed by atoms with Crippen LogP contribution in [0.1, 0.15) is 23.7 Å². The third-order valence-electron chi connectivity index (χ3n) is 4.62. The van der Waals surface area contributed by atoms with E-state index in [4.69, 9.17) is 4.74 Å². The molecule has 28 heavy (non-hydrogen) atoms. The number of rotatable bonds is 5. The zero-order chi connectivity index (χ0) is 20.1. The second-order valence-corrected chi connectivity index (χ2v) is 8.37. The lowest BCUT2D eigenvalue weighted by Crippen LogP contribution is -2.37. The summed E-state index contributed by atoms with van der Waals surface area (Å²) >= 11 is 0. The zero-order valence-electron chi connectivity index (χ0n) is 15.7. The number of carbonyl (C=O) groups excluding carboxylic acids is 1. The van der Waals surface area contributed by atoms with E-state index in [1.165, 1.54) is 39.5 Å². The maximum absolute atomic E-state index is 13.9. The van der Waals surface area contributed by atoms with Crippen LogP contribution in [-0.2, 0) is 10.0 Å². The fraction of sp³-hybridized carbons (Fsp3) is 0.350. The molecule has 3 rings (SSSR count). The lowest BCUT2D eigenvalue weighted by atomic mass is 10.2. The van der Waals surface area contributed by atoms with Crippen LogP contribution >= 0.6 is 0 Å². The van der Waals surface area contributed by atoms with E-state index in [9.17, 15) is 17.6 Å². The second kappa shape index (κ2) is 8.70. The van der Waals surface area contributed by atoms with Gasteiger partial charge in [-0.15, -0.1) is 0 Å². The van der Waals surface area contributed by atoms with Crippen molar-refractivity contribution in [3.05, 3.63) is 59.9 Å². The first-order chi connectivity index (χ1) is 13.4. The maximum Gasteiger partial charge on any atom is 0.256 e. The average Bonchev–Trinajstić information content (AvgIpc) is 2.95. The van der Waals surface area contributed by atoms with Gasteiger partial charge in [0.1, 0.15) is 11.6 Å². The Morgan fingerprint density at radius 1 is 1.04 bits per heavy atom. The van der Waals surface area contributed by atoms with E-state index in [1.54, 1.807) is 18.2 Å². The normalized spacial score (nSPS) is 15.9. The molecule has 1 fully saturated rings. The lowest BCUT2D eigenvalue weighted by molar-refractivity contribution is 0.0759. The summed E-state index contributed by atoms with van der Waals surface area (Å²) in [7, 11) is -3.67. The summed E-state index contributed by atoms with van der Waals surface area (Å²) in [5.41, 5.74) is 0.00493. The average molecular weight is 406 g/mol. The standard InChI is InChI=1S/C20H23FN2O4S/c1-2-27-16-8-10-17(11-9-16)28(25,26)23-13-5-12-22(14-15-23)20(24)18-6-3-4-7-19(18)21/h3-4,6-11H,2,5,12-15H2,1H3. The third kappa shape index (κ3) is 4.34. The molecule has 2 aromatic rings. The van der Waals surface area contributed by atoms with Crippen molar-refractivity contribution in [2.75, 3.05) is 32.8 Å². The molecule has 0 spiro atoms. The lowest BCUT2D eigenvalue weighted by Gasteiger charge is -2.22. The minimum Gasteiger partial charge on any atom is -0.494 e. The molecule has 1 amide bonds. The van der Waals surface area contributed by atoms with E-state index < -0.39 is 21.7 Å². The number of hydrogen-bond acceptors (Lipinski definition) is 4. The SMILES string of the molecule is CCOc1ccc(S(=O)(=O)N2CCCN(C(=O)c3ccccc3F)CC2)cc1. The Balaban J connectivity index is 1.72. The van der Waals surface area contributed by atoms with Crippen molar-refractivity contribution in [3.63, 3.8) is 0 Å². The molecule has 0 aromatic heterocycles. The molecular formula is C20H23FN2O4S. The number of nitrogens with zero attached hydrogens (tertiary/aromatic N) is 2. The molecule has 0 bridgehead atoms. The number of benzene rings is 2. The number of amides is 1. The topological polar surface area (TPSA) is 66.9 Å². The predicted octanol–water partition coefficient (Wildman–Crippen LogP) is 2.76. The minimum absolute atomic E-state index is 0.00493. The molecule has 0 radical (unpaired) electrons. The van der Waals surface area contributed by atoms with E-state index in [0.717, 1.165) is 0 Å². The summed E-state index contributed by atoms with van der Waals surface area (Å²) < 4.78 is 46.5. The highest BCUT2D eigenvalue weighted by atomic mass is 32.2. The molecule has 150 valence electrons. The van der Waals surface area contributed by atoms with Gasteiger partial charge in [-0.25, -0.2) is 12.8 Å². The second-order valence-electron chi connectivity index (χ2n) is 6.43. The third-order valence-corrected chi connectivity index (χ3v) is 6.53. The number of ether oxygens (including phenoxy) is 1. The van der Waals surface area contributed by atoms with Crippen molar-refractivity contribution < 1.29 is 22.3 Å². The molecule has 1 aliphatic heterocycles. The number of carbonyl (C=O) groups is 1. The summed E-state index contributed by atoms with van der Waals surface area (Å²) in [5, 5.41) is 0. The van der Waals surface area contributed by atoms with Crippen LogP contribution in [0.2, 0.25) is 0 Å². The monoisotopic (exact) mass is 406 g/mol. The van der Waals surface area contributed by atoms with Gasteiger partial charge in [0, 0.05) is 26.2 Å². The van der Waals surface area contributed by atoms with E-state index in [0.29, 0.717) is 31.9 Å². The summed E-state index contributed by atoms with van der Waals surface area (Å²) in [6.45, 7) is 3.42. The summed E-state index contributed by atoms with van der Waals surface area (Å²) in [6, 6.07) is 12.1. The molecule has 1 saturated heterocycles. The largest absolute Gasteiger partial charge is 0.494 e. The summed E-state index contributed by atoms with van der Waals surface area (Å²) in [5.74, 6) is -0.381. The molecular weight excluding hydrogens is 383 g/mol. The molecule has 0 unspecified atom stereocenters. The van der Waals surface area contributed by atoms with Gasteiger partial charge in [0.05, 0.1) is 17.1 Å². The Bertz CT molecular complexity index is 931. The van der Waals surface area contributed by atoms with Crippen molar-refractivity contribution >= 4 is 15.9 Å². The van der Waals surface area contributed by atoms with Crippen LogP contribution < -0.4 is 4.74 Å². The van der Waals surface area contributed by atoms with Gasteiger partial charge in [0.2, 0.25) is 10.0 Å². The van der Waals surface area contributed by atoms with Crippen LogP contribution in [0.5, 0.6) is 5.75 Å². The van der Waals surface area contributed by atoms with E-state index in [2.05, 4.69) is 0 Å². The molecule has 1 aliphatic rings. The van der Waals surface area contributed by atoms with Gasteiger partial charge in [-0.1, -0.05) is 12.1 Å². The fourth-order valence-electron chi connectivity index (χ4n) is 3.17. The fourth-order valence-corrected chi connectivity index (χ4v) is 4.64. The van der Waals surface area contributed by atoms with Crippen LogP contribution in [-0.4, -0.2) is 56.3 Å². The van der Waals surface area contributed by atoms with Crippen LogP contribution in [0.4, 0.5) is 4.39 Å². The molecule has 2 aromatic carbocycles. The molecule has 8 heteroatoms. The molecule has 0 N–H and O–H groups in total. The summed E-state index contributed by atoms with van der Waals surface area (Å²) in [6.07, 6.45) is 0.483. The molecule has 0 atom stereocenters. The summed E-state index contributed by atoms with van der Waals surface area (Å²) in [4.78, 5) is 14.3. The number of hydrogen-bond donors (Lipinski definition) is 0. The highest BCUT2D eigenvalue weighted by Crippen LogP contribution is 2.21. The maximum atomic E-state index is 13.9. The van der Waals surface area contributed by atoms with Crippen molar-refractivity contribution in [1.82, 2.24) is 9.21 Å². The number of sulfonamides is 1. The van der Waals surface area contributed by atoms with E-state index in [-0.39, 0.29) is 23.5 Å². The van der Waals surface area contributed by atoms with Crippen LogP contribution in [0.3, 0.4) is 0 Å². The molecule has 0 aliphatic carbocycles. The Labute approximate surface area is 164 Å². The van der Waals surface area contributed by atoms with Gasteiger partial charge in [-0.2, -0.15) is 4.31 Å².